The zero-order valence-electron chi connectivity index (χ0n) is 10.2. The van der Waals surface area contributed by atoms with Gasteiger partial charge in [0.2, 0.25) is 0 Å². The number of rotatable bonds is 6. The van der Waals surface area contributed by atoms with Gasteiger partial charge in [-0.05, 0) is 24.0 Å². The van der Waals surface area contributed by atoms with Crippen molar-refractivity contribution >= 4 is 35.2 Å². The van der Waals surface area contributed by atoms with Crippen molar-refractivity contribution in [1.82, 2.24) is 5.32 Å². The van der Waals surface area contributed by atoms with E-state index in [0.29, 0.717) is 9.92 Å². The van der Waals surface area contributed by atoms with Crippen LogP contribution in [0.15, 0.2) is 23.1 Å². The first-order chi connectivity index (χ1) is 8.99. The van der Waals surface area contributed by atoms with E-state index in [1.54, 1.807) is 12.1 Å². The van der Waals surface area contributed by atoms with E-state index in [1.807, 2.05) is 6.92 Å². The Labute approximate surface area is 119 Å². The lowest BCUT2D eigenvalue weighted by Gasteiger charge is -2.13. The zero-order valence-corrected chi connectivity index (χ0v) is 11.7. The van der Waals surface area contributed by atoms with Crippen molar-refractivity contribution in [3.05, 3.63) is 28.8 Å². The van der Waals surface area contributed by atoms with Gasteiger partial charge in [-0.15, -0.1) is 11.8 Å². The lowest BCUT2D eigenvalue weighted by atomic mass is 10.2. The van der Waals surface area contributed by atoms with E-state index in [9.17, 15) is 14.0 Å². The van der Waals surface area contributed by atoms with Crippen molar-refractivity contribution < 1.29 is 19.1 Å². The molecule has 0 radical (unpaired) electrons. The van der Waals surface area contributed by atoms with Crippen molar-refractivity contribution in [1.29, 1.82) is 0 Å². The Hall–Kier alpha value is -1.27. The summed E-state index contributed by atoms with van der Waals surface area (Å²) in [5.74, 6) is -1.32. The summed E-state index contributed by atoms with van der Waals surface area (Å²) in [6.45, 7) is 0.750. The fourth-order valence-electron chi connectivity index (χ4n) is 1.36. The number of benzene rings is 1. The molecule has 0 aliphatic rings. The van der Waals surface area contributed by atoms with Gasteiger partial charge in [-0.25, -0.2) is 9.18 Å². The average Bonchev–Trinajstić information content (AvgIpc) is 2.37. The Kier molecular flexibility index (Phi) is 6.11. The van der Waals surface area contributed by atoms with Crippen LogP contribution in [0.4, 0.5) is 4.39 Å². The van der Waals surface area contributed by atoms with Crippen LogP contribution in [0.2, 0.25) is 5.02 Å². The third-order valence-electron chi connectivity index (χ3n) is 2.24. The van der Waals surface area contributed by atoms with Crippen LogP contribution in [0.5, 0.6) is 0 Å². The molecule has 0 bridgehead atoms. The number of aliphatic carboxylic acids is 1. The van der Waals surface area contributed by atoms with Gasteiger partial charge in [-0.2, -0.15) is 0 Å². The molecule has 2 N–H and O–H groups in total. The lowest BCUT2D eigenvalue weighted by Crippen LogP contribution is -2.42. The third kappa shape index (κ3) is 4.40. The average molecular weight is 306 g/mol. The minimum absolute atomic E-state index is 0.249. The van der Waals surface area contributed by atoms with E-state index in [-0.39, 0.29) is 5.56 Å². The van der Waals surface area contributed by atoms with Gasteiger partial charge in [-0.3, -0.25) is 4.79 Å². The predicted octanol–water partition coefficient (Wildman–Crippen LogP) is 2.60. The fraction of sp³-hybridized carbons (Fsp3) is 0.333. The second-order valence-corrected chi connectivity index (χ2v) is 5.33. The van der Waals surface area contributed by atoms with Crippen LogP contribution < -0.4 is 5.32 Å². The zero-order chi connectivity index (χ0) is 14.4. The van der Waals surface area contributed by atoms with Gasteiger partial charge < -0.3 is 10.4 Å². The first kappa shape index (κ1) is 15.8. The van der Waals surface area contributed by atoms with E-state index in [0.717, 1.165) is 5.75 Å². The molecule has 0 fully saturated rings. The van der Waals surface area contributed by atoms with Crippen LogP contribution in [0, 0.1) is 0 Å². The number of halogens is 2. The van der Waals surface area contributed by atoms with Crippen molar-refractivity contribution in [3.63, 3.8) is 0 Å². The van der Waals surface area contributed by atoms with Crippen molar-refractivity contribution in [2.75, 3.05) is 12.4 Å². The third-order valence-corrected chi connectivity index (χ3v) is 3.43. The van der Waals surface area contributed by atoms with Crippen LogP contribution in [-0.2, 0) is 4.79 Å². The van der Waals surface area contributed by atoms with Gasteiger partial charge in [0.05, 0.1) is 5.56 Å². The number of thioether (sulfide) groups is 1. The molecule has 7 heteroatoms. The first-order valence-electron chi connectivity index (χ1n) is 5.51. The summed E-state index contributed by atoms with van der Waals surface area (Å²) in [5, 5.41) is 11.2. The highest BCUT2D eigenvalue weighted by molar-refractivity contribution is 7.99. The molecule has 0 aliphatic carbocycles. The van der Waals surface area contributed by atoms with Crippen molar-refractivity contribution in [2.24, 2.45) is 0 Å². The maximum atomic E-state index is 12.5. The van der Waals surface area contributed by atoms with E-state index in [2.05, 4.69) is 5.32 Å². The van der Waals surface area contributed by atoms with Crippen LogP contribution >= 0.6 is 23.4 Å². The molecule has 0 saturated carbocycles. The molecule has 19 heavy (non-hydrogen) atoms. The summed E-state index contributed by atoms with van der Waals surface area (Å²) in [4.78, 5) is 23.3. The highest BCUT2D eigenvalue weighted by Gasteiger charge is 2.22. The number of carbonyl (C=O) groups excluding carboxylic acids is 1. The molecule has 1 aromatic rings. The molecule has 1 amide bonds. The largest absolute Gasteiger partial charge is 0.480 e. The molecular weight excluding hydrogens is 293 g/mol. The summed E-state index contributed by atoms with van der Waals surface area (Å²) >= 11 is 7.24. The van der Waals surface area contributed by atoms with Crippen LogP contribution in [0.25, 0.3) is 0 Å². The summed E-state index contributed by atoms with van der Waals surface area (Å²) in [6, 6.07) is 3.20. The number of nitrogens with one attached hydrogen (secondary N) is 1. The van der Waals surface area contributed by atoms with Crippen molar-refractivity contribution in [3.8, 4) is 0 Å². The molecule has 104 valence electrons. The summed E-state index contributed by atoms with van der Waals surface area (Å²) in [7, 11) is 0. The van der Waals surface area contributed by atoms with Gasteiger partial charge in [0.1, 0.15) is 6.67 Å². The number of carboxylic acid groups (broad SMARTS) is 1. The molecule has 1 rings (SSSR count). The highest BCUT2D eigenvalue weighted by Crippen LogP contribution is 2.25. The monoisotopic (exact) mass is 305 g/mol. The molecule has 1 atom stereocenters. The van der Waals surface area contributed by atoms with Gasteiger partial charge >= 0.3 is 5.97 Å². The highest BCUT2D eigenvalue weighted by atomic mass is 35.5. The molecule has 0 spiro atoms. The topological polar surface area (TPSA) is 66.4 Å². The smallest absolute Gasteiger partial charge is 0.328 e. The Balaban J connectivity index is 2.97. The van der Waals surface area contributed by atoms with Crippen LogP contribution in [0.3, 0.4) is 0 Å². The summed E-state index contributed by atoms with van der Waals surface area (Å²) in [5.41, 5.74) is 0.249. The van der Waals surface area contributed by atoms with E-state index in [4.69, 9.17) is 16.7 Å². The molecule has 4 nitrogen and oxygen atoms in total. The number of carbonyl (C=O) groups is 2. The van der Waals surface area contributed by atoms with Crippen LogP contribution in [-0.4, -0.2) is 35.5 Å². The van der Waals surface area contributed by atoms with E-state index < -0.39 is 24.6 Å². The summed E-state index contributed by atoms with van der Waals surface area (Å²) < 4.78 is 12.5. The predicted molar refractivity (Wildman–Crippen MR) is 72.7 cm³/mol. The SMILES string of the molecule is CCSc1ccc(Cl)cc1C(=O)NC(CF)C(=O)O. The minimum atomic E-state index is -1.55. The maximum Gasteiger partial charge on any atom is 0.328 e. The van der Waals surface area contributed by atoms with E-state index in [1.165, 1.54) is 17.8 Å². The molecule has 1 unspecified atom stereocenters. The minimum Gasteiger partial charge on any atom is -0.480 e. The normalized spacial score (nSPS) is 11.9. The second-order valence-electron chi connectivity index (χ2n) is 3.59. The number of hydrogen-bond donors (Lipinski definition) is 2. The van der Waals surface area contributed by atoms with Crippen LogP contribution in [0.1, 0.15) is 17.3 Å². The molecule has 0 aromatic heterocycles. The quantitative estimate of drug-likeness (QED) is 0.793. The molecule has 1 aromatic carbocycles. The van der Waals surface area contributed by atoms with Gasteiger partial charge in [0.25, 0.3) is 5.91 Å². The maximum absolute atomic E-state index is 12.5. The van der Waals surface area contributed by atoms with E-state index >= 15 is 0 Å². The first-order valence-corrected chi connectivity index (χ1v) is 6.88. The Morgan fingerprint density at radius 2 is 2.21 bits per heavy atom. The lowest BCUT2D eigenvalue weighted by molar-refractivity contribution is -0.139. The standard InChI is InChI=1S/C12H13ClFNO3S/c1-2-19-10-4-3-7(13)5-8(10)11(16)15-9(6-14)12(17)18/h3-5,9H,2,6H2,1H3,(H,15,16)(H,17,18). The Morgan fingerprint density at radius 3 is 2.74 bits per heavy atom. The molecule has 0 heterocycles. The number of amides is 1. The molecule has 0 saturated heterocycles. The Morgan fingerprint density at radius 1 is 1.53 bits per heavy atom. The number of carboxylic acids is 1. The molecule has 0 aliphatic heterocycles. The summed E-state index contributed by atoms with van der Waals surface area (Å²) in [6.07, 6.45) is 0. The fourth-order valence-corrected chi connectivity index (χ4v) is 2.32. The van der Waals surface area contributed by atoms with Gasteiger partial charge in [0.15, 0.2) is 6.04 Å². The number of alkyl halides is 1. The van der Waals surface area contributed by atoms with Gasteiger partial charge in [-0.1, -0.05) is 18.5 Å². The van der Waals surface area contributed by atoms with Gasteiger partial charge in [0, 0.05) is 9.92 Å². The Bertz CT molecular complexity index is 484. The second kappa shape index (κ2) is 7.35. The molecular formula is C12H13ClFNO3S. The van der Waals surface area contributed by atoms with Crippen molar-refractivity contribution in [2.45, 2.75) is 17.9 Å². The number of hydrogen-bond acceptors (Lipinski definition) is 3.